The molecule has 4 rings (SSSR count). The summed E-state index contributed by atoms with van der Waals surface area (Å²) in [5, 5.41) is 3.58. The van der Waals surface area contributed by atoms with Gasteiger partial charge in [0, 0.05) is 22.7 Å². The number of aryl methyl sites for hydroxylation is 2. The summed E-state index contributed by atoms with van der Waals surface area (Å²) in [6.45, 7) is 3.97. The third kappa shape index (κ3) is 4.03. The number of ether oxygens (including phenoxy) is 1. The Morgan fingerprint density at radius 1 is 1.03 bits per heavy atom. The van der Waals surface area contributed by atoms with Crippen LogP contribution in [-0.4, -0.2) is 11.9 Å². The van der Waals surface area contributed by atoms with E-state index in [1.807, 2.05) is 44.2 Å². The fourth-order valence-corrected chi connectivity index (χ4v) is 3.67. The fourth-order valence-electron chi connectivity index (χ4n) is 3.55. The number of benzene rings is 3. The molecule has 3 aromatic carbocycles. The largest absolute Gasteiger partial charge is 0.454 e. The van der Waals surface area contributed by atoms with Crippen LogP contribution in [0, 0.1) is 13.8 Å². The molecule has 0 saturated carbocycles. The minimum atomic E-state index is -0.398. The van der Waals surface area contributed by atoms with E-state index in [4.69, 9.17) is 16.3 Å². The molecule has 0 aliphatic carbocycles. The summed E-state index contributed by atoms with van der Waals surface area (Å²) in [5.41, 5.74) is 5.60. The Bertz CT molecular complexity index is 1110. The third-order valence-electron chi connectivity index (χ3n) is 5.11. The molecule has 0 radical (unpaired) electrons. The lowest BCUT2D eigenvalue weighted by Gasteiger charge is -2.25. The highest BCUT2D eigenvalue weighted by Gasteiger charge is 2.28. The van der Waals surface area contributed by atoms with E-state index >= 15 is 0 Å². The van der Waals surface area contributed by atoms with E-state index in [9.17, 15) is 9.59 Å². The monoisotopic (exact) mass is 405 g/mol. The van der Waals surface area contributed by atoms with Gasteiger partial charge in [0.15, 0.2) is 0 Å². The van der Waals surface area contributed by atoms with Gasteiger partial charge in [0.25, 0.3) is 5.91 Å². The minimum Gasteiger partial charge on any atom is -0.454 e. The van der Waals surface area contributed by atoms with E-state index in [0.29, 0.717) is 22.6 Å². The summed E-state index contributed by atoms with van der Waals surface area (Å²) in [6.07, 6.45) is 0.109. The molecule has 1 atom stereocenters. The minimum absolute atomic E-state index is 0.207. The van der Waals surface area contributed by atoms with Gasteiger partial charge < -0.3 is 10.1 Å². The molecule has 0 bridgehead atoms. The van der Waals surface area contributed by atoms with E-state index in [1.165, 1.54) is 0 Å². The van der Waals surface area contributed by atoms with E-state index in [0.717, 1.165) is 27.9 Å². The molecule has 29 heavy (non-hydrogen) atoms. The molecule has 0 spiro atoms. The number of carbonyl (C=O) groups is 2. The van der Waals surface area contributed by atoms with Crippen molar-refractivity contribution in [3.05, 3.63) is 99.1 Å². The number of esters is 1. The topological polar surface area (TPSA) is 55.4 Å². The molecule has 0 aromatic heterocycles. The van der Waals surface area contributed by atoms with Gasteiger partial charge in [-0.05, 0) is 66.9 Å². The Labute approximate surface area is 174 Å². The zero-order chi connectivity index (χ0) is 20.5. The number of fused-ring (bicyclic) bond motifs is 1. The van der Waals surface area contributed by atoms with Gasteiger partial charge in [0.1, 0.15) is 6.10 Å². The van der Waals surface area contributed by atoms with Gasteiger partial charge >= 0.3 is 5.97 Å². The van der Waals surface area contributed by atoms with Crippen molar-refractivity contribution >= 4 is 29.2 Å². The summed E-state index contributed by atoms with van der Waals surface area (Å²) < 4.78 is 5.58. The molecular weight excluding hydrogens is 386 g/mol. The van der Waals surface area contributed by atoms with Gasteiger partial charge in [-0.25, -0.2) is 4.79 Å². The average Bonchev–Trinajstić information content (AvgIpc) is 2.70. The van der Waals surface area contributed by atoms with Crippen molar-refractivity contribution in [1.29, 1.82) is 0 Å². The number of amides is 1. The predicted molar refractivity (Wildman–Crippen MR) is 114 cm³/mol. The van der Waals surface area contributed by atoms with Gasteiger partial charge in [-0.3, -0.25) is 4.79 Å². The van der Waals surface area contributed by atoms with Gasteiger partial charge in [-0.1, -0.05) is 41.4 Å². The second kappa shape index (κ2) is 7.72. The van der Waals surface area contributed by atoms with Crippen LogP contribution in [-0.2, 0) is 11.2 Å². The zero-order valence-corrected chi connectivity index (χ0v) is 16.9. The number of nitrogens with one attached hydrogen (secondary N) is 1. The van der Waals surface area contributed by atoms with Crippen LogP contribution in [0.15, 0.2) is 60.7 Å². The SMILES string of the molecule is Cc1ccc(NC(=O)c2ccc3c(c2)C[C@@H](c2ccc(Cl)cc2)OC3=O)c(C)c1. The van der Waals surface area contributed by atoms with Crippen molar-refractivity contribution in [2.45, 2.75) is 26.4 Å². The molecular formula is C24H20ClNO3. The van der Waals surface area contributed by atoms with Crippen molar-refractivity contribution in [1.82, 2.24) is 0 Å². The normalized spacial score (nSPS) is 15.4. The molecule has 3 aromatic rings. The van der Waals surface area contributed by atoms with Gasteiger partial charge in [-0.15, -0.1) is 0 Å². The van der Waals surface area contributed by atoms with Crippen LogP contribution in [0.2, 0.25) is 5.02 Å². The molecule has 4 nitrogen and oxygen atoms in total. The summed E-state index contributed by atoms with van der Waals surface area (Å²) in [4.78, 5) is 25.2. The highest BCUT2D eigenvalue weighted by atomic mass is 35.5. The van der Waals surface area contributed by atoms with Crippen LogP contribution in [0.4, 0.5) is 5.69 Å². The van der Waals surface area contributed by atoms with Crippen LogP contribution in [0.3, 0.4) is 0 Å². The van der Waals surface area contributed by atoms with E-state index in [-0.39, 0.29) is 11.9 Å². The van der Waals surface area contributed by atoms with E-state index in [1.54, 1.807) is 30.3 Å². The summed E-state index contributed by atoms with van der Waals surface area (Å²) in [7, 11) is 0. The second-order valence-corrected chi connectivity index (χ2v) is 7.73. The Morgan fingerprint density at radius 2 is 1.79 bits per heavy atom. The first-order valence-corrected chi connectivity index (χ1v) is 9.76. The van der Waals surface area contributed by atoms with Gasteiger partial charge in [0.2, 0.25) is 0 Å². The first-order chi connectivity index (χ1) is 13.9. The Kier molecular flexibility index (Phi) is 5.12. The smallest absolute Gasteiger partial charge is 0.339 e. The highest BCUT2D eigenvalue weighted by Crippen LogP contribution is 2.32. The number of hydrogen-bond donors (Lipinski definition) is 1. The molecule has 5 heteroatoms. The Morgan fingerprint density at radius 3 is 2.52 bits per heavy atom. The fraction of sp³-hybridized carbons (Fsp3) is 0.167. The van der Waals surface area contributed by atoms with E-state index < -0.39 is 6.10 Å². The number of hydrogen-bond acceptors (Lipinski definition) is 3. The van der Waals surface area contributed by atoms with E-state index in [2.05, 4.69) is 5.32 Å². The van der Waals surface area contributed by atoms with Gasteiger partial charge in [-0.2, -0.15) is 0 Å². The number of carbonyl (C=O) groups excluding carboxylic acids is 2. The van der Waals surface area contributed by atoms with Crippen molar-refractivity contribution < 1.29 is 14.3 Å². The Hall–Kier alpha value is -3.11. The lowest BCUT2D eigenvalue weighted by Crippen LogP contribution is -2.23. The maximum absolute atomic E-state index is 12.8. The van der Waals surface area contributed by atoms with Crippen LogP contribution in [0.5, 0.6) is 0 Å². The summed E-state index contributed by atoms with van der Waals surface area (Å²) in [6, 6.07) is 18.2. The zero-order valence-electron chi connectivity index (χ0n) is 16.2. The number of halogens is 1. The predicted octanol–water partition coefficient (Wildman–Crippen LogP) is 5.66. The standard InChI is InChI=1S/C24H20ClNO3/c1-14-3-10-21(15(2)11-14)26-23(27)17-6-9-20-18(12-17)13-22(29-24(20)28)16-4-7-19(25)8-5-16/h3-12,22H,13H2,1-2H3,(H,26,27)/t22-/m0/s1. The summed E-state index contributed by atoms with van der Waals surface area (Å²) >= 11 is 5.95. The molecule has 146 valence electrons. The number of rotatable bonds is 3. The quantitative estimate of drug-likeness (QED) is 0.572. The van der Waals surface area contributed by atoms with Crippen LogP contribution in [0.1, 0.15) is 49.1 Å². The first-order valence-electron chi connectivity index (χ1n) is 9.38. The molecule has 1 amide bonds. The van der Waals surface area contributed by atoms with Crippen LogP contribution >= 0.6 is 11.6 Å². The van der Waals surface area contributed by atoms with Gasteiger partial charge in [0.05, 0.1) is 5.56 Å². The van der Waals surface area contributed by atoms with Crippen molar-refractivity contribution in [3.63, 3.8) is 0 Å². The molecule has 0 saturated heterocycles. The van der Waals surface area contributed by atoms with Crippen molar-refractivity contribution in [2.24, 2.45) is 0 Å². The Balaban J connectivity index is 1.59. The highest BCUT2D eigenvalue weighted by molar-refractivity contribution is 6.30. The number of anilines is 1. The van der Waals surface area contributed by atoms with Crippen molar-refractivity contribution in [3.8, 4) is 0 Å². The number of cyclic esters (lactones) is 1. The molecule has 1 aliphatic rings. The van der Waals surface area contributed by atoms with Crippen LogP contribution < -0.4 is 5.32 Å². The maximum Gasteiger partial charge on any atom is 0.339 e. The maximum atomic E-state index is 12.8. The van der Waals surface area contributed by atoms with Crippen LogP contribution in [0.25, 0.3) is 0 Å². The van der Waals surface area contributed by atoms with Crippen molar-refractivity contribution in [2.75, 3.05) is 5.32 Å². The summed E-state index contributed by atoms with van der Waals surface area (Å²) in [5.74, 6) is -0.589. The lowest BCUT2D eigenvalue weighted by atomic mass is 9.93. The first kappa shape index (κ1) is 19.2. The average molecular weight is 406 g/mol. The molecule has 1 N–H and O–H groups in total. The molecule has 1 aliphatic heterocycles. The second-order valence-electron chi connectivity index (χ2n) is 7.29. The third-order valence-corrected chi connectivity index (χ3v) is 5.37. The molecule has 1 heterocycles. The molecule has 0 fully saturated rings. The lowest BCUT2D eigenvalue weighted by molar-refractivity contribution is 0.0252. The molecule has 0 unspecified atom stereocenters.